The molecular formula is C32H61N3O17S3. The van der Waals surface area contributed by atoms with Gasteiger partial charge >= 0.3 is 11.9 Å². The van der Waals surface area contributed by atoms with Gasteiger partial charge in [0.1, 0.15) is 5.37 Å². The first kappa shape index (κ1) is 52.5. The number of carbonyl (C=O) groups is 4. The molecule has 0 spiro atoms. The number of carboxylic acids is 2. The third-order valence-electron chi connectivity index (χ3n) is 8.96. The lowest BCUT2D eigenvalue weighted by atomic mass is 10.1. The van der Waals surface area contributed by atoms with E-state index in [-0.39, 0.29) is 13.1 Å². The number of carboxylic acid groups (broad SMARTS) is 2. The lowest BCUT2D eigenvalue weighted by Crippen LogP contribution is -2.52. The highest BCUT2D eigenvalue weighted by Crippen LogP contribution is 2.16. The first-order valence-corrected chi connectivity index (χ1v) is 22.9. The first-order valence-electron chi connectivity index (χ1n) is 18.4. The molecule has 0 radical (unpaired) electrons. The zero-order chi connectivity index (χ0) is 42.6. The van der Waals surface area contributed by atoms with Crippen LogP contribution in [0, 0.1) is 0 Å². The van der Waals surface area contributed by atoms with Crippen molar-refractivity contribution < 1.29 is 78.5 Å². The van der Waals surface area contributed by atoms with E-state index in [2.05, 4.69) is 0 Å². The van der Waals surface area contributed by atoms with E-state index in [1.807, 2.05) is 13.8 Å². The highest BCUT2D eigenvalue weighted by atomic mass is 32.2. The quantitative estimate of drug-likeness (QED) is 0.0368. The lowest BCUT2D eigenvalue weighted by Gasteiger charge is -2.34. The van der Waals surface area contributed by atoms with Crippen molar-refractivity contribution in [3.63, 3.8) is 0 Å². The van der Waals surface area contributed by atoms with Gasteiger partial charge in [-0.1, -0.05) is 78.1 Å². The number of hydrogen-bond acceptors (Lipinski definition) is 13. The van der Waals surface area contributed by atoms with Crippen LogP contribution < -0.4 is 0 Å². The van der Waals surface area contributed by atoms with Gasteiger partial charge in [0.2, 0.25) is 11.8 Å². The summed E-state index contributed by atoms with van der Waals surface area (Å²) in [6.45, 7) is 2.38. The number of aliphatic hydroxyl groups is 2. The molecule has 0 aliphatic rings. The monoisotopic (exact) mass is 855 g/mol. The molecule has 7 N–H and O–H groups in total. The number of unbranched alkanes of at least 4 members (excludes halogenated alkanes) is 10. The van der Waals surface area contributed by atoms with Gasteiger partial charge in [0, 0.05) is 39.3 Å². The van der Waals surface area contributed by atoms with Gasteiger partial charge in [0.25, 0.3) is 30.4 Å². The Morgan fingerprint density at radius 1 is 0.509 bits per heavy atom. The standard InChI is InChI=1S/C32H61N3O17S3/c1-4-6-8-10-12-14-16-33(29(38)18-27(31(40)41)54(47,48)49)20-25(36)22-35(24(3)53(44,45)46)23-26(37)21-34(17-15-13-11-9-7-5-2)30(39)19-28(32(42)43)55(50,51)52/h24-28,36-37H,4-23H2,1-3H3,(H,40,41)(H,42,43)(H,44,45,46)(H,47,48,49)(H,50,51,52). The molecule has 0 aliphatic carbocycles. The Hall–Kier alpha value is -2.51. The number of amides is 2. The highest BCUT2D eigenvalue weighted by molar-refractivity contribution is 7.87. The Bertz CT molecular complexity index is 1430. The minimum atomic E-state index is -5.20. The van der Waals surface area contributed by atoms with E-state index in [0.717, 1.165) is 73.0 Å². The fraction of sp³-hybridized carbons (Fsp3) is 0.875. The van der Waals surface area contributed by atoms with E-state index in [1.165, 1.54) is 0 Å². The third-order valence-corrected chi connectivity index (χ3v) is 12.3. The van der Waals surface area contributed by atoms with Crippen LogP contribution in [0.25, 0.3) is 0 Å². The Morgan fingerprint density at radius 3 is 1.09 bits per heavy atom. The second-order valence-corrected chi connectivity index (χ2v) is 18.6. The van der Waals surface area contributed by atoms with Crippen LogP contribution in [-0.4, -0.2) is 165 Å². The minimum absolute atomic E-state index is 0.0767. The fourth-order valence-corrected chi connectivity index (χ4v) is 7.51. The van der Waals surface area contributed by atoms with E-state index in [4.69, 9.17) is 0 Å². The smallest absolute Gasteiger partial charge is 0.324 e. The summed E-state index contributed by atoms with van der Waals surface area (Å²) in [7, 11) is -15.3. The molecule has 55 heavy (non-hydrogen) atoms. The van der Waals surface area contributed by atoms with Crippen molar-refractivity contribution in [2.75, 3.05) is 39.3 Å². The Balaban J connectivity index is 6.24. The summed E-state index contributed by atoms with van der Waals surface area (Å²) in [5, 5.41) is 33.9. The number of aliphatic carboxylic acids is 2. The summed E-state index contributed by atoms with van der Waals surface area (Å²) >= 11 is 0. The molecule has 0 aromatic carbocycles. The van der Waals surface area contributed by atoms with Crippen molar-refractivity contribution in [1.82, 2.24) is 14.7 Å². The molecule has 0 heterocycles. The zero-order valence-corrected chi connectivity index (χ0v) is 34.3. The van der Waals surface area contributed by atoms with Crippen LogP contribution in [0.3, 0.4) is 0 Å². The summed E-state index contributed by atoms with van der Waals surface area (Å²) in [5.41, 5.74) is 0. The maximum Gasteiger partial charge on any atom is 0.324 e. The molecule has 0 aromatic heterocycles. The maximum absolute atomic E-state index is 13.1. The number of nitrogens with zero attached hydrogens (tertiary/aromatic N) is 3. The fourth-order valence-electron chi connectivity index (χ4n) is 5.74. The van der Waals surface area contributed by atoms with Gasteiger partial charge in [-0.25, -0.2) is 0 Å². The second kappa shape index (κ2) is 25.7. The van der Waals surface area contributed by atoms with Crippen LogP contribution in [-0.2, 0) is 49.5 Å². The van der Waals surface area contributed by atoms with E-state index >= 15 is 0 Å². The molecule has 324 valence electrons. The van der Waals surface area contributed by atoms with Crippen LogP contribution >= 0.6 is 0 Å². The van der Waals surface area contributed by atoms with Crippen LogP contribution in [0.5, 0.6) is 0 Å². The second-order valence-electron chi connectivity index (χ2n) is 13.7. The molecule has 5 unspecified atom stereocenters. The van der Waals surface area contributed by atoms with Crippen LogP contribution in [0.4, 0.5) is 0 Å². The molecule has 23 heteroatoms. The van der Waals surface area contributed by atoms with Crippen molar-refractivity contribution in [2.24, 2.45) is 0 Å². The molecule has 0 fully saturated rings. The van der Waals surface area contributed by atoms with E-state index < -0.39 is 121 Å². The number of carbonyl (C=O) groups excluding carboxylic acids is 2. The number of rotatable bonds is 32. The Labute approximate surface area is 324 Å². The average molecular weight is 856 g/mol. The predicted molar refractivity (Wildman–Crippen MR) is 200 cm³/mol. The largest absolute Gasteiger partial charge is 0.480 e. The summed E-state index contributed by atoms with van der Waals surface area (Å²) in [6, 6.07) is 0. The molecule has 0 aliphatic heterocycles. The van der Waals surface area contributed by atoms with Crippen molar-refractivity contribution >= 4 is 54.1 Å². The number of hydrogen-bond donors (Lipinski definition) is 7. The summed E-state index contributed by atoms with van der Waals surface area (Å²) in [5.74, 6) is -6.09. The topological polar surface area (TPSA) is 322 Å². The van der Waals surface area contributed by atoms with Crippen LogP contribution in [0.15, 0.2) is 0 Å². The molecule has 2 amide bonds. The summed E-state index contributed by atoms with van der Waals surface area (Å²) in [6.07, 6.45) is 3.48. The minimum Gasteiger partial charge on any atom is -0.480 e. The lowest BCUT2D eigenvalue weighted by molar-refractivity contribution is -0.141. The van der Waals surface area contributed by atoms with Crippen molar-refractivity contribution in [3.8, 4) is 0 Å². The normalized spacial score (nSPS) is 15.2. The molecule has 0 saturated carbocycles. The Kier molecular flexibility index (Phi) is 24.5. The molecule has 20 nitrogen and oxygen atoms in total. The summed E-state index contributed by atoms with van der Waals surface area (Å²) in [4.78, 5) is 52.1. The van der Waals surface area contributed by atoms with Gasteiger partial charge in [-0.3, -0.25) is 37.7 Å². The van der Waals surface area contributed by atoms with Gasteiger partial charge in [0.05, 0.1) is 25.0 Å². The first-order chi connectivity index (χ1) is 25.4. The third kappa shape index (κ3) is 22.1. The predicted octanol–water partition coefficient (Wildman–Crippen LogP) is 1.08. The Morgan fingerprint density at radius 2 is 0.818 bits per heavy atom. The van der Waals surface area contributed by atoms with Crippen LogP contribution in [0.2, 0.25) is 0 Å². The molecule has 0 aromatic rings. The van der Waals surface area contributed by atoms with Gasteiger partial charge in [0.15, 0.2) is 10.5 Å². The van der Waals surface area contributed by atoms with E-state index in [9.17, 15) is 78.5 Å². The van der Waals surface area contributed by atoms with Crippen LogP contribution in [0.1, 0.15) is 111 Å². The molecular weight excluding hydrogens is 795 g/mol. The zero-order valence-electron chi connectivity index (χ0n) is 31.8. The molecule has 0 bridgehead atoms. The molecule has 0 rings (SSSR count). The van der Waals surface area contributed by atoms with E-state index in [0.29, 0.717) is 25.7 Å². The maximum atomic E-state index is 13.1. The van der Waals surface area contributed by atoms with Gasteiger partial charge in [-0.05, 0) is 19.8 Å². The number of aliphatic hydroxyl groups excluding tert-OH is 2. The summed E-state index contributed by atoms with van der Waals surface area (Å²) < 4.78 is 99.5. The highest BCUT2D eigenvalue weighted by Gasteiger charge is 2.37. The van der Waals surface area contributed by atoms with E-state index in [1.54, 1.807) is 0 Å². The van der Waals surface area contributed by atoms with Crippen molar-refractivity contribution in [3.05, 3.63) is 0 Å². The molecule has 0 saturated heterocycles. The average Bonchev–Trinajstić information content (AvgIpc) is 3.05. The van der Waals surface area contributed by atoms with Crippen molar-refractivity contribution in [1.29, 1.82) is 0 Å². The van der Waals surface area contributed by atoms with Gasteiger partial charge < -0.3 is 30.2 Å². The van der Waals surface area contributed by atoms with Gasteiger partial charge in [-0.15, -0.1) is 0 Å². The van der Waals surface area contributed by atoms with Gasteiger partial charge in [-0.2, -0.15) is 25.3 Å². The SMILES string of the molecule is CCCCCCCCN(CC(O)CN(CC(O)CN(CCCCCCCC)C(=O)CC(C(=O)O)S(=O)(=O)O)C(C)S(=O)(=O)O)C(=O)CC(C(=O)O)S(=O)(=O)O. The van der Waals surface area contributed by atoms with Crippen molar-refractivity contribution in [2.45, 2.75) is 139 Å². The molecule has 5 atom stereocenters.